The van der Waals surface area contributed by atoms with Gasteiger partial charge in [0.15, 0.2) is 0 Å². The molecule has 1 unspecified atom stereocenters. The smallest absolute Gasteiger partial charge is 0.252 e. The van der Waals surface area contributed by atoms with E-state index in [4.69, 9.17) is 11.6 Å². The van der Waals surface area contributed by atoms with E-state index in [1.54, 1.807) is 18.2 Å². The number of hydrogen-bond acceptors (Lipinski definition) is 1. The van der Waals surface area contributed by atoms with Gasteiger partial charge in [0.2, 0.25) is 0 Å². The molecule has 5 heteroatoms. The first-order valence-corrected chi connectivity index (χ1v) is 7.97. The van der Waals surface area contributed by atoms with Crippen LogP contribution >= 0.6 is 50.1 Å². The molecule has 0 bridgehead atoms. The zero-order valence-electron chi connectivity index (χ0n) is 9.64. The first-order valence-electron chi connectivity index (χ1n) is 5.27. The third-order valence-electron chi connectivity index (χ3n) is 2.46. The summed E-state index contributed by atoms with van der Waals surface area (Å²) >= 11 is 11.5. The molecule has 1 amide bonds. The molecule has 1 N–H and O–H groups in total. The first-order chi connectivity index (χ1) is 7.95. The van der Waals surface area contributed by atoms with Crippen molar-refractivity contribution >= 4 is 56.0 Å². The van der Waals surface area contributed by atoms with Crippen LogP contribution in [0.15, 0.2) is 22.7 Å². The molecule has 1 aromatic rings. The Kier molecular flexibility index (Phi) is 6.23. The lowest BCUT2D eigenvalue weighted by Crippen LogP contribution is -2.39. The van der Waals surface area contributed by atoms with Crippen molar-refractivity contribution in [1.82, 2.24) is 5.32 Å². The number of carbonyl (C=O) groups is 1. The molecule has 0 aliphatic carbocycles. The summed E-state index contributed by atoms with van der Waals surface area (Å²) in [6, 6.07) is 5.36. The van der Waals surface area contributed by atoms with E-state index in [1.807, 2.05) is 0 Å². The summed E-state index contributed by atoms with van der Waals surface area (Å²) in [6.07, 6.45) is 0. The Bertz CT molecular complexity index is 411. The van der Waals surface area contributed by atoms with E-state index >= 15 is 0 Å². The Hall–Kier alpha value is 0.190. The summed E-state index contributed by atoms with van der Waals surface area (Å²) in [6.45, 7) is 4.20. The van der Waals surface area contributed by atoms with Crippen molar-refractivity contribution in [3.8, 4) is 0 Å². The summed E-state index contributed by atoms with van der Waals surface area (Å²) < 4.78 is 1.62. The van der Waals surface area contributed by atoms with Crippen molar-refractivity contribution in [2.24, 2.45) is 5.92 Å². The van der Waals surface area contributed by atoms with Crippen molar-refractivity contribution in [2.75, 3.05) is 4.43 Å². The van der Waals surface area contributed by atoms with E-state index in [-0.39, 0.29) is 11.9 Å². The molecule has 1 atom stereocenters. The molecular weight excluding hydrogens is 416 g/mol. The molecule has 0 aromatic heterocycles. The van der Waals surface area contributed by atoms with Crippen LogP contribution in [0, 0.1) is 5.92 Å². The van der Waals surface area contributed by atoms with Gasteiger partial charge in [-0.25, -0.2) is 0 Å². The van der Waals surface area contributed by atoms with E-state index in [1.165, 1.54) is 0 Å². The Labute approximate surface area is 129 Å². The van der Waals surface area contributed by atoms with Gasteiger partial charge in [-0.05, 0) is 40.0 Å². The maximum atomic E-state index is 12.1. The number of halogens is 3. The van der Waals surface area contributed by atoms with Gasteiger partial charge in [0, 0.05) is 20.0 Å². The Morgan fingerprint density at radius 2 is 2.18 bits per heavy atom. The SMILES string of the molecule is CC(C)C(CI)NC(=O)c1ccc(Cl)cc1Br. The topological polar surface area (TPSA) is 29.1 Å². The minimum atomic E-state index is -0.0658. The highest BCUT2D eigenvalue weighted by molar-refractivity contribution is 14.1. The van der Waals surface area contributed by atoms with E-state index in [0.29, 0.717) is 16.5 Å². The molecule has 0 radical (unpaired) electrons. The second kappa shape index (κ2) is 6.95. The van der Waals surface area contributed by atoms with Crippen molar-refractivity contribution in [3.63, 3.8) is 0 Å². The monoisotopic (exact) mass is 429 g/mol. The molecule has 0 heterocycles. The van der Waals surface area contributed by atoms with Gasteiger partial charge in [-0.1, -0.05) is 48.0 Å². The highest BCUT2D eigenvalue weighted by atomic mass is 127. The lowest BCUT2D eigenvalue weighted by molar-refractivity contribution is 0.0931. The Balaban J connectivity index is 2.82. The van der Waals surface area contributed by atoms with Gasteiger partial charge in [0.25, 0.3) is 5.91 Å². The van der Waals surface area contributed by atoms with Gasteiger partial charge in [-0.2, -0.15) is 0 Å². The van der Waals surface area contributed by atoms with Crippen molar-refractivity contribution in [3.05, 3.63) is 33.3 Å². The lowest BCUT2D eigenvalue weighted by atomic mass is 10.1. The molecule has 94 valence electrons. The highest BCUT2D eigenvalue weighted by Gasteiger charge is 2.17. The summed E-state index contributed by atoms with van der Waals surface area (Å²) in [5.41, 5.74) is 0.616. The molecule has 17 heavy (non-hydrogen) atoms. The van der Waals surface area contributed by atoms with E-state index in [2.05, 4.69) is 57.7 Å². The standard InChI is InChI=1S/C12H14BrClINO/c1-7(2)11(6-15)16-12(17)9-4-3-8(14)5-10(9)13/h3-5,7,11H,6H2,1-2H3,(H,16,17). The van der Waals surface area contributed by atoms with Crippen LogP contribution in [-0.2, 0) is 0 Å². The largest absolute Gasteiger partial charge is 0.348 e. The fourth-order valence-corrected chi connectivity index (χ4v) is 3.40. The molecule has 0 aliphatic heterocycles. The van der Waals surface area contributed by atoms with Crippen LogP contribution < -0.4 is 5.32 Å². The van der Waals surface area contributed by atoms with Gasteiger partial charge in [0.05, 0.1) is 5.56 Å². The number of nitrogens with one attached hydrogen (secondary N) is 1. The number of amides is 1. The van der Waals surface area contributed by atoms with Crippen molar-refractivity contribution in [2.45, 2.75) is 19.9 Å². The molecule has 0 saturated heterocycles. The Morgan fingerprint density at radius 3 is 2.65 bits per heavy atom. The van der Waals surface area contributed by atoms with Crippen LogP contribution in [0.3, 0.4) is 0 Å². The zero-order chi connectivity index (χ0) is 13.0. The molecule has 1 rings (SSSR count). The second-order valence-corrected chi connectivity index (χ2v) is 6.27. The number of alkyl halides is 1. The minimum absolute atomic E-state index is 0.0658. The van der Waals surface area contributed by atoms with Crippen LogP contribution in [0.4, 0.5) is 0 Å². The Morgan fingerprint density at radius 1 is 1.53 bits per heavy atom. The van der Waals surface area contributed by atoms with Crippen LogP contribution in [0.2, 0.25) is 5.02 Å². The lowest BCUT2D eigenvalue weighted by Gasteiger charge is -2.20. The summed E-state index contributed by atoms with van der Waals surface area (Å²) in [7, 11) is 0. The van der Waals surface area contributed by atoms with Crippen molar-refractivity contribution in [1.29, 1.82) is 0 Å². The normalized spacial score (nSPS) is 12.6. The quantitative estimate of drug-likeness (QED) is 0.560. The highest BCUT2D eigenvalue weighted by Crippen LogP contribution is 2.21. The molecular formula is C12H14BrClINO. The number of benzene rings is 1. The maximum absolute atomic E-state index is 12.1. The molecule has 1 aromatic carbocycles. The van der Waals surface area contributed by atoms with Gasteiger partial charge in [-0.3, -0.25) is 4.79 Å². The number of carbonyl (C=O) groups excluding carboxylic acids is 1. The van der Waals surface area contributed by atoms with Crippen molar-refractivity contribution < 1.29 is 4.79 Å². The second-order valence-electron chi connectivity index (χ2n) is 4.10. The first kappa shape index (κ1) is 15.2. The molecule has 0 aliphatic rings. The molecule has 2 nitrogen and oxygen atoms in total. The molecule has 0 spiro atoms. The average Bonchev–Trinajstić information content (AvgIpc) is 2.24. The summed E-state index contributed by atoms with van der Waals surface area (Å²) in [5, 5.41) is 3.64. The fourth-order valence-electron chi connectivity index (χ4n) is 1.30. The third-order valence-corrected chi connectivity index (χ3v) is 4.30. The van der Waals surface area contributed by atoms with Gasteiger partial charge < -0.3 is 5.32 Å². The number of rotatable bonds is 4. The van der Waals surface area contributed by atoms with E-state index in [0.717, 1.165) is 8.90 Å². The number of hydrogen-bond donors (Lipinski definition) is 1. The van der Waals surface area contributed by atoms with Crippen LogP contribution in [0.1, 0.15) is 24.2 Å². The predicted molar refractivity (Wildman–Crippen MR) is 84.1 cm³/mol. The van der Waals surface area contributed by atoms with Crippen LogP contribution in [0.25, 0.3) is 0 Å². The molecule has 0 saturated carbocycles. The van der Waals surface area contributed by atoms with Gasteiger partial charge >= 0.3 is 0 Å². The average molecular weight is 431 g/mol. The molecule has 0 fully saturated rings. The van der Waals surface area contributed by atoms with Gasteiger partial charge in [-0.15, -0.1) is 0 Å². The van der Waals surface area contributed by atoms with E-state index < -0.39 is 0 Å². The minimum Gasteiger partial charge on any atom is -0.348 e. The fraction of sp³-hybridized carbons (Fsp3) is 0.417. The zero-order valence-corrected chi connectivity index (χ0v) is 14.1. The third kappa shape index (κ3) is 4.41. The van der Waals surface area contributed by atoms with Crippen LogP contribution in [0.5, 0.6) is 0 Å². The summed E-state index contributed by atoms with van der Waals surface area (Å²) in [4.78, 5) is 12.1. The van der Waals surface area contributed by atoms with Gasteiger partial charge in [0.1, 0.15) is 0 Å². The maximum Gasteiger partial charge on any atom is 0.252 e. The van der Waals surface area contributed by atoms with E-state index in [9.17, 15) is 4.79 Å². The predicted octanol–water partition coefficient (Wildman–Crippen LogP) is 4.29. The van der Waals surface area contributed by atoms with Crippen LogP contribution in [-0.4, -0.2) is 16.4 Å². The summed E-state index contributed by atoms with van der Waals surface area (Å²) in [5.74, 6) is 0.353.